The van der Waals surface area contributed by atoms with Gasteiger partial charge in [0.2, 0.25) is 0 Å². The summed E-state index contributed by atoms with van der Waals surface area (Å²) in [7, 11) is 4.11. The highest BCUT2D eigenvalue weighted by atomic mass is 32.2. The number of nitrogens with zero attached hydrogens (tertiary/aromatic N) is 3. The molecule has 0 radical (unpaired) electrons. The molecule has 0 atom stereocenters. The van der Waals surface area contributed by atoms with E-state index >= 15 is 0 Å². The number of thioether (sulfide) groups is 1. The van der Waals surface area contributed by atoms with E-state index in [4.69, 9.17) is 9.47 Å². The van der Waals surface area contributed by atoms with Gasteiger partial charge < -0.3 is 24.6 Å². The number of ether oxygens (including phenoxy) is 2. The van der Waals surface area contributed by atoms with Crippen LogP contribution in [0.5, 0.6) is 0 Å². The summed E-state index contributed by atoms with van der Waals surface area (Å²) in [6.45, 7) is 5.07. The summed E-state index contributed by atoms with van der Waals surface area (Å²) in [5.41, 5.74) is 2.20. The van der Waals surface area contributed by atoms with E-state index in [0.717, 1.165) is 51.0 Å². The second-order valence-corrected chi connectivity index (χ2v) is 9.13. The van der Waals surface area contributed by atoms with Crippen molar-refractivity contribution in [3.63, 3.8) is 0 Å². The van der Waals surface area contributed by atoms with Gasteiger partial charge in [-0.15, -0.1) is 0 Å². The lowest BCUT2D eigenvalue weighted by Gasteiger charge is -2.38. The average Bonchev–Trinajstić information content (AvgIpc) is 3.33. The van der Waals surface area contributed by atoms with Crippen molar-refractivity contribution < 1.29 is 14.3 Å². The topological polar surface area (TPSA) is 66.4 Å². The molecule has 3 heterocycles. The molecule has 4 rings (SSSR count). The Bertz CT molecular complexity index is 806. The second-order valence-electron chi connectivity index (χ2n) is 8.10. The molecule has 8 heteroatoms. The number of piperidine rings is 1. The van der Waals surface area contributed by atoms with Crippen LogP contribution in [0.15, 0.2) is 34.2 Å². The molecule has 3 aliphatic rings. The van der Waals surface area contributed by atoms with Crippen LogP contribution < -0.4 is 10.2 Å². The fraction of sp³-hybridized carbons (Fsp3) is 0.545. The number of carbonyl (C=O) groups is 1. The number of rotatable bonds is 6. The van der Waals surface area contributed by atoms with E-state index in [0.29, 0.717) is 23.3 Å². The normalized spacial score (nSPS) is 22.4. The maximum atomic E-state index is 12.2. The quantitative estimate of drug-likeness (QED) is 0.550. The number of carbonyl (C=O) groups excluding carboxylic acids is 1. The van der Waals surface area contributed by atoms with Crippen LogP contribution in [-0.4, -0.2) is 75.2 Å². The zero-order chi connectivity index (χ0) is 21.0. The van der Waals surface area contributed by atoms with E-state index in [9.17, 15) is 4.79 Å². The van der Waals surface area contributed by atoms with Gasteiger partial charge in [-0.2, -0.15) is 4.99 Å². The molecule has 0 saturated carbocycles. The van der Waals surface area contributed by atoms with Crippen LogP contribution in [0.1, 0.15) is 24.8 Å². The zero-order valence-corrected chi connectivity index (χ0v) is 18.5. The van der Waals surface area contributed by atoms with Crippen molar-refractivity contribution >= 4 is 34.6 Å². The lowest BCUT2D eigenvalue weighted by atomic mass is 10.0. The highest BCUT2D eigenvalue weighted by Gasteiger charge is 2.39. The summed E-state index contributed by atoms with van der Waals surface area (Å²) in [5.74, 6) is -0.517. The lowest BCUT2D eigenvalue weighted by Crippen LogP contribution is -2.45. The van der Waals surface area contributed by atoms with Gasteiger partial charge in [-0.25, -0.2) is 0 Å². The second kappa shape index (κ2) is 9.51. The van der Waals surface area contributed by atoms with Crippen molar-refractivity contribution in [1.82, 2.24) is 10.2 Å². The Morgan fingerprint density at radius 2 is 1.90 bits per heavy atom. The fourth-order valence-electron chi connectivity index (χ4n) is 3.90. The summed E-state index contributed by atoms with van der Waals surface area (Å²) < 4.78 is 11.6. The van der Waals surface area contributed by atoms with Crippen LogP contribution in [0.4, 0.5) is 5.69 Å². The van der Waals surface area contributed by atoms with E-state index in [1.165, 1.54) is 17.4 Å². The molecule has 3 aliphatic heterocycles. The number of hydrogen-bond donors (Lipinski definition) is 1. The van der Waals surface area contributed by atoms with Crippen LogP contribution in [0.2, 0.25) is 0 Å². The predicted molar refractivity (Wildman–Crippen MR) is 122 cm³/mol. The number of aliphatic imine (C=N–C) groups is 1. The molecule has 1 N–H and O–H groups in total. The molecule has 1 aromatic rings. The molecular formula is C22H30N4O3S. The predicted octanol–water partition coefficient (Wildman–Crippen LogP) is 2.54. The molecule has 1 spiro atoms. The van der Waals surface area contributed by atoms with E-state index < -0.39 is 0 Å². The van der Waals surface area contributed by atoms with Gasteiger partial charge in [-0.1, -0.05) is 12.1 Å². The van der Waals surface area contributed by atoms with Gasteiger partial charge in [-0.05, 0) is 62.6 Å². The van der Waals surface area contributed by atoms with Gasteiger partial charge in [0.05, 0.1) is 18.1 Å². The van der Waals surface area contributed by atoms with Crippen LogP contribution in [0, 0.1) is 0 Å². The molecule has 1 amide bonds. The highest BCUT2D eigenvalue weighted by molar-refractivity contribution is 8.18. The lowest BCUT2D eigenvalue weighted by molar-refractivity contribution is -0.169. The maximum Gasteiger partial charge on any atom is 0.286 e. The van der Waals surface area contributed by atoms with E-state index in [1.807, 2.05) is 6.08 Å². The molecule has 2 fully saturated rings. The first kappa shape index (κ1) is 21.4. The summed E-state index contributed by atoms with van der Waals surface area (Å²) in [4.78, 5) is 21.5. The third-order valence-electron chi connectivity index (χ3n) is 5.57. The number of hydrogen-bond acceptors (Lipinski definition) is 7. The first-order valence-electron chi connectivity index (χ1n) is 10.6. The van der Waals surface area contributed by atoms with Gasteiger partial charge >= 0.3 is 0 Å². The molecule has 162 valence electrons. The van der Waals surface area contributed by atoms with Crippen molar-refractivity contribution in [2.45, 2.75) is 25.0 Å². The van der Waals surface area contributed by atoms with Crippen LogP contribution in [0.25, 0.3) is 6.08 Å². The number of amidine groups is 1. The van der Waals surface area contributed by atoms with E-state index in [1.54, 1.807) is 0 Å². The number of nitrogens with one attached hydrogen (secondary N) is 1. The molecule has 1 aromatic carbocycles. The SMILES string of the molecule is CN(C)CCCNC1=NC(=O)/C(=C/c2ccc(N3CCC4(CC3)OCCO4)cc2)S1. The van der Waals surface area contributed by atoms with Crippen LogP contribution >= 0.6 is 11.8 Å². The Morgan fingerprint density at radius 3 is 2.57 bits per heavy atom. The van der Waals surface area contributed by atoms with Crippen molar-refractivity contribution in [1.29, 1.82) is 0 Å². The first-order chi connectivity index (χ1) is 14.5. The van der Waals surface area contributed by atoms with Gasteiger partial charge in [0, 0.05) is 38.2 Å². The van der Waals surface area contributed by atoms with Crippen molar-refractivity contribution in [3.05, 3.63) is 34.7 Å². The van der Waals surface area contributed by atoms with Gasteiger partial charge in [0.15, 0.2) is 11.0 Å². The Morgan fingerprint density at radius 1 is 1.20 bits per heavy atom. The first-order valence-corrected chi connectivity index (χ1v) is 11.4. The van der Waals surface area contributed by atoms with Crippen molar-refractivity contribution in [2.75, 3.05) is 58.4 Å². The van der Waals surface area contributed by atoms with E-state index in [2.05, 4.69) is 58.5 Å². The monoisotopic (exact) mass is 430 g/mol. The van der Waals surface area contributed by atoms with Crippen molar-refractivity contribution in [3.8, 4) is 0 Å². The maximum absolute atomic E-state index is 12.2. The largest absolute Gasteiger partial charge is 0.371 e. The molecule has 7 nitrogen and oxygen atoms in total. The molecule has 30 heavy (non-hydrogen) atoms. The molecule has 2 saturated heterocycles. The minimum absolute atomic E-state index is 0.169. The fourth-order valence-corrected chi connectivity index (χ4v) is 4.74. The number of benzene rings is 1. The number of amides is 1. The molecule has 0 aromatic heterocycles. The van der Waals surface area contributed by atoms with Crippen LogP contribution in [0.3, 0.4) is 0 Å². The average molecular weight is 431 g/mol. The van der Waals surface area contributed by atoms with Gasteiger partial charge in [-0.3, -0.25) is 4.79 Å². The van der Waals surface area contributed by atoms with Gasteiger partial charge in [0.1, 0.15) is 0 Å². The Balaban J connectivity index is 1.29. The number of anilines is 1. The summed E-state index contributed by atoms with van der Waals surface area (Å²) in [5, 5.41) is 3.95. The van der Waals surface area contributed by atoms with E-state index in [-0.39, 0.29) is 11.7 Å². The van der Waals surface area contributed by atoms with Crippen molar-refractivity contribution in [2.24, 2.45) is 4.99 Å². The van der Waals surface area contributed by atoms with Gasteiger partial charge in [0.25, 0.3) is 5.91 Å². The highest BCUT2D eigenvalue weighted by Crippen LogP contribution is 2.33. The Labute approximate surface area is 182 Å². The third-order valence-corrected chi connectivity index (χ3v) is 6.51. The standard InChI is InChI=1S/C22H30N4O3S/c1-25(2)11-3-10-23-21-24-20(27)19(30-21)16-17-4-6-18(7-5-17)26-12-8-22(9-13-26)28-14-15-29-22/h4-7,16H,3,8-15H2,1-2H3,(H,23,24,27)/b19-16-. The Kier molecular flexibility index (Phi) is 6.77. The summed E-state index contributed by atoms with van der Waals surface area (Å²) in [6, 6.07) is 8.36. The third kappa shape index (κ3) is 5.24. The smallest absolute Gasteiger partial charge is 0.286 e. The molecule has 0 unspecified atom stereocenters. The van der Waals surface area contributed by atoms with Crippen LogP contribution in [-0.2, 0) is 14.3 Å². The minimum atomic E-state index is -0.348. The summed E-state index contributed by atoms with van der Waals surface area (Å²) >= 11 is 1.41. The minimum Gasteiger partial charge on any atom is -0.371 e. The molecule has 0 bridgehead atoms. The molecular weight excluding hydrogens is 400 g/mol. The molecule has 0 aliphatic carbocycles. The Hall–Kier alpha value is -1.87. The zero-order valence-electron chi connectivity index (χ0n) is 17.7. The summed E-state index contributed by atoms with van der Waals surface area (Å²) in [6.07, 6.45) is 4.72.